The fourth-order valence-electron chi connectivity index (χ4n) is 1.28. The van der Waals surface area contributed by atoms with Crippen molar-refractivity contribution in [3.8, 4) is 0 Å². The van der Waals surface area contributed by atoms with Gasteiger partial charge in [0.1, 0.15) is 0 Å². The summed E-state index contributed by atoms with van der Waals surface area (Å²) in [6.45, 7) is 1.97. The number of anilines is 1. The van der Waals surface area contributed by atoms with Gasteiger partial charge < -0.3 is 5.32 Å². The highest BCUT2D eigenvalue weighted by atomic mass is 79.9. The number of halogens is 1. The predicted molar refractivity (Wildman–Crippen MR) is 65.7 cm³/mol. The van der Waals surface area contributed by atoms with Crippen LogP contribution in [0.3, 0.4) is 0 Å². The van der Waals surface area contributed by atoms with Gasteiger partial charge in [0.2, 0.25) is 5.91 Å². The third-order valence-electron chi connectivity index (χ3n) is 2.39. The van der Waals surface area contributed by atoms with Crippen LogP contribution in [-0.4, -0.2) is 15.7 Å². The molecule has 1 aromatic heterocycles. The monoisotopic (exact) mass is 288 g/mol. The molecule has 0 aliphatic heterocycles. The quantitative estimate of drug-likeness (QED) is 0.865. The normalized spacial score (nSPS) is 17.5. The Morgan fingerprint density at radius 2 is 2.53 bits per heavy atom. The van der Waals surface area contributed by atoms with Crippen LogP contribution in [0.25, 0.3) is 0 Å². The molecule has 1 aromatic rings. The minimum Gasteiger partial charge on any atom is -0.301 e. The van der Waals surface area contributed by atoms with Gasteiger partial charge in [-0.2, -0.15) is 0 Å². The Morgan fingerprint density at radius 3 is 3.13 bits per heavy atom. The van der Waals surface area contributed by atoms with Crippen LogP contribution in [-0.2, 0) is 4.79 Å². The van der Waals surface area contributed by atoms with Gasteiger partial charge in [-0.1, -0.05) is 22.9 Å². The lowest BCUT2D eigenvalue weighted by Crippen LogP contribution is -2.21. The van der Waals surface area contributed by atoms with Crippen molar-refractivity contribution in [2.45, 2.75) is 36.9 Å². The number of nitrogens with zero attached hydrogens (tertiary/aromatic N) is 1. The molecule has 1 unspecified atom stereocenters. The molecule has 1 heterocycles. The Kier molecular flexibility index (Phi) is 3.41. The van der Waals surface area contributed by atoms with Crippen LogP contribution in [0.4, 0.5) is 5.13 Å². The van der Waals surface area contributed by atoms with Crippen molar-refractivity contribution < 1.29 is 4.79 Å². The van der Waals surface area contributed by atoms with E-state index in [-0.39, 0.29) is 10.7 Å². The van der Waals surface area contributed by atoms with E-state index in [1.165, 1.54) is 24.2 Å². The number of nitrogens with one attached hydrogen (secondary N) is 1. The minimum absolute atomic E-state index is 0.00537. The number of carbonyl (C=O) groups is 1. The molecule has 0 radical (unpaired) electrons. The average molecular weight is 289 g/mol. The number of thiazole rings is 1. The van der Waals surface area contributed by atoms with Crippen molar-refractivity contribution in [1.82, 2.24) is 4.98 Å². The van der Waals surface area contributed by atoms with Crippen LogP contribution in [0.5, 0.6) is 0 Å². The van der Waals surface area contributed by atoms with E-state index < -0.39 is 0 Å². The molecular weight excluding hydrogens is 276 g/mol. The standard InChI is InChI=1S/C10H13BrN2OS/c1-2-7(11)9(14)13-10-12-8(5-15-10)6-3-4-6/h5-7H,2-4H2,1H3,(H,12,13,14). The number of alkyl halides is 1. The fraction of sp³-hybridized carbons (Fsp3) is 0.600. The Hall–Kier alpha value is -0.420. The van der Waals surface area contributed by atoms with Crippen molar-refractivity contribution in [3.63, 3.8) is 0 Å². The van der Waals surface area contributed by atoms with Crippen molar-refractivity contribution in [2.24, 2.45) is 0 Å². The topological polar surface area (TPSA) is 42.0 Å². The Balaban J connectivity index is 1.95. The summed E-state index contributed by atoms with van der Waals surface area (Å²) in [4.78, 5) is 15.8. The van der Waals surface area contributed by atoms with Crippen LogP contribution < -0.4 is 5.32 Å². The SMILES string of the molecule is CCC(Br)C(=O)Nc1nc(C2CC2)cs1. The van der Waals surface area contributed by atoms with E-state index in [0.29, 0.717) is 5.92 Å². The van der Waals surface area contributed by atoms with Crippen molar-refractivity contribution in [1.29, 1.82) is 0 Å². The van der Waals surface area contributed by atoms with E-state index >= 15 is 0 Å². The molecule has 5 heteroatoms. The molecule has 1 aliphatic carbocycles. The molecule has 15 heavy (non-hydrogen) atoms. The lowest BCUT2D eigenvalue weighted by atomic mass is 10.3. The zero-order chi connectivity index (χ0) is 10.8. The largest absolute Gasteiger partial charge is 0.301 e. The van der Waals surface area contributed by atoms with Crippen LogP contribution in [0.15, 0.2) is 5.38 Å². The molecule has 1 atom stereocenters. The molecule has 0 bridgehead atoms. The summed E-state index contributed by atoms with van der Waals surface area (Å²) < 4.78 is 0. The molecule has 2 rings (SSSR count). The second-order valence-corrected chi connectivity index (χ2v) is 5.68. The van der Waals surface area contributed by atoms with Gasteiger partial charge in [0.15, 0.2) is 5.13 Å². The number of aromatic nitrogens is 1. The number of hydrogen-bond donors (Lipinski definition) is 1. The minimum atomic E-state index is -0.120. The number of rotatable bonds is 4. The highest BCUT2D eigenvalue weighted by Crippen LogP contribution is 2.40. The van der Waals surface area contributed by atoms with Gasteiger partial charge in [-0.3, -0.25) is 4.79 Å². The van der Waals surface area contributed by atoms with Gasteiger partial charge in [0.25, 0.3) is 0 Å². The zero-order valence-electron chi connectivity index (χ0n) is 8.50. The molecule has 1 N–H and O–H groups in total. The predicted octanol–water partition coefficient (Wildman–Crippen LogP) is 3.13. The molecule has 1 fully saturated rings. The molecule has 0 spiro atoms. The van der Waals surface area contributed by atoms with Crippen molar-refractivity contribution in [2.75, 3.05) is 5.32 Å². The van der Waals surface area contributed by atoms with Crippen molar-refractivity contribution >= 4 is 38.3 Å². The summed E-state index contributed by atoms with van der Waals surface area (Å²) in [5.74, 6) is 0.645. The summed E-state index contributed by atoms with van der Waals surface area (Å²) in [6.07, 6.45) is 3.27. The third kappa shape index (κ3) is 2.78. The van der Waals surface area contributed by atoms with Gasteiger partial charge in [0.05, 0.1) is 10.5 Å². The van der Waals surface area contributed by atoms with E-state index in [1.54, 1.807) is 0 Å². The van der Waals surface area contributed by atoms with E-state index in [9.17, 15) is 4.79 Å². The van der Waals surface area contributed by atoms with E-state index in [1.807, 2.05) is 12.3 Å². The molecule has 0 aromatic carbocycles. The van der Waals surface area contributed by atoms with Crippen LogP contribution in [0.2, 0.25) is 0 Å². The zero-order valence-corrected chi connectivity index (χ0v) is 10.9. The summed E-state index contributed by atoms with van der Waals surface area (Å²) >= 11 is 4.82. The highest BCUT2D eigenvalue weighted by molar-refractivity contribution is 9.10. The fourth-order valence-corrected chi connectivity index (χ4v) is 2.19. The number of amides is 1. The van der Waals surface area contributed by atoms with Gasteiger partial charge in [0, 0.05) is 11.3 Å². The third-order valence-corrected chi connectivity index (χ3v) is 4.23. The first kappa shape index (κ1) is 11.1. The van der Waals surface area contributed by atoms with E-state index in [2.05, 4.69) is 26.2 Å². The number of hydrogen-bond acceptors (Lipinski definition) is 3. The average Bonchev–Trinajstić information content (AvgIpc) is 2.99. The van der Waals surface area contributed by atoms with Gasteiger partial charge in [-0.15, -0.1) is 11.3 Å². The number of carbonyl (C=O) groups excluding carboxylic acids is 1. The summed E-state index contributed by atoms with van der Waals surface area (Å²) in [5.41, 5.74) is 1.14. The second kappa shape index (κ2) is 4.61. The molecular formula is C10H13BrN2OS. The maximum Gasteiger partial charge on any atom is 0.239 e. The first-order valence-electron chi connectivity index (χ1n) is 5.11. The molecule has 1 aliphatic rings. The van der Waals surface area contributed by atoms with Gasteiger partial charge >= 0.3 is 0 Å². The molecule has 1 amide bonds. The van der Waals surface area contributed by atoms with E-state index in [0.717, 1.165) is 17.2 Å². The van der Waals surface area contributed by atoms with Crippen LogP contribution >= 0.6 is 27.3 Å². The molecule has 1 saturated carbocycles. The highest BCUT2D eigenvalue weighted by Gasteiger charge is 2.26. The van der Waals surface area contributed by atoms with Crippen LogP contribution in [0, 0.1) is 0 Å². The second-order valence-electron chi connectivity index (χ2n) is 3.72. The lowest BCUT2D eigenvalue weighted by Gasteiger charge is -2.05. The van der Waals surface area contributed by atoms with E-state index in [4.69, 9.17) is 0 Å². The summed E-state index contributed by atoms with van der Waals surface area (Å²) in [7, 11) is 0. The maximum absolute atomic E-state index is 11.5. The van der Waals surface area contributed by atoms with Gasteiger partial charge in [-0.05, 0) is 19.3 Å². The molecule has 0 saturated heterocycles. The summed E-state index contributed by atoms with van der Waals surface area (Å²) in [5, 5.41) is 5.58. The lowest BCUT2D eigenvalue weighted by molar-refractivity contribution is -0.115. The molecule has 3 nitrogen and oxygen atoms in total. The Morgan fingerprint density at radius 1 is 1.80 bits per heavy atom. The maximum atomic E-state index is 11.5. The summed E-state index contributed by atoms with van der Waals surface area (Å²) in [6, 6.07) is 0. The van der Waals surface area contributed by atoms with Gasteiger partial charge in [-0.25, -0.2) is 4.98 Å². The van der Waals surface area contributed by atoms with Crippen molar-refractivity contribution in [3.05, 3.63) is 11.1 Å². The Bertz CT molecular complexity index is 362. The first-order chi connectivity index (χ1) is 7.20. The smallest absolute Gasteiger partial charge is 0.239 e. The first-order valence-corrected chi connectivity index (χ1v) is 6.90. The Labute approximate surface area is 101 Å². The van der Waals surface area contributed by atoms with Crippen LogP contribution in [0.1, 0.15) is 37.8 Å². The molecule has 82 valence electrons.